The van der Waals surface area contributed by atoms with Crippen molar-refractivity contribution in [3.8, 4) is 0 Å². The summed E-state index contributed by atoms with van der Waals surface area (Å²) in [6, 6.07) is 4.38. The smallest absolute Gasteiger partial charge is 0.337 e. The van der Waals surface area contributed by atoms with Crippen LogP contribution in [0.3, 0.4) is 0 Å². The van der Waals surface area contributed by atoms with Crippen molar-refractivity contribution < 1.29 is 17.9 Å². The van der Waals surface area contributed by atoms with Gasteiger partial charge in [-0.15, -0.1) is 0 Å². The molecule has 1 aromatic rings. The Bertz CT molecular complexity index is 585. The number of nitrogens with one attached hydrogen (secondary N) is 2. The first kappa shape index (κ1) is 17.6. The molecule has 1 rings (SSSR count). The number of rotatable bonds is 8. The first-order chi connectivity index (χ1) is 9.92. The standard InChI is InChI=1S/C14H22N2O4S/c1-4-7-15-8-9-16-21(18,19)13-6-5-12(10-11(13)2)14(17)20-3/h5-6,10,15-16H,4,7-9H2,1-3H3. The lowest BCUT2D eigenvalue weighted by Crippen LogP contribution is -2.32. The molecular weight excluding hydrogens is 292 g/mol. The lowest BCUT2D eigenvalue weighted by atomic mass is 10.1. The van der Waals surface area contributed by atoms with E-state index in [4.69, 9.17) is 0 Å². The van der Waals surface area contributed by atoms with Crippen molar-refractivity contribution in [1.29, 1.82) is 0 Å². The molecule has 2 N–H and O–H groups in total. The molecule has 0 aromatic heterocycles. The molecule has 0 heterocycles. The molecule has 7 heteroatoms. The highest BCUT2D eigenvalue weighted by Crippen LogP contribution is 2.17. The molecule has 6 nitrogen and oxygen atoms in total. The van der Waals surface area contributed by atoms with E-state index in [2.05, 4.69) is 14.8 Å². The maximum Gasteiger partial charge on any atom is 0.337 e. The fourth-order valence-electron chi connectivity index (χ4n) is 1.85. The average molecular weight is 314 g/mol. The van der Waals surface area contributed by atoms with E-state index >= 15 is 0 Å². The quantitative estimate of drug-likeness (QED) is 0.554. The number of esters is 1. The summed E-state index contributed by atoms with van der Waals surface area (Å²) < 4.78 is 31.5. The lowest BCUT2D eigenvalue weighted by molar-refractivity contribution is 0.0600. The van der Waals surface area contributed by atoms with E-state index in [1.165, 1.54) is 25.3 Å². The molecule has 118 valence electrons. The molecule has 0 amide bonds. The fraction of sp³-hybridized carbons (Fsp3) is 0.500. The van der Waals surface area contributed by atoms with E-state index in [0.717, 1.165) is 13.0 Å². The third-order valence-electron chi connectivity index (χ3n) is 2.91. The maximum atomic E-state index is 12.2. The number of aryl methyl sites for hydroxylation is 1. The van der Waals surface area contributed by atoms with E-state index in [-0.39, 0.29) is 4.90 Å². The topological polar surface area (TPSA) is 84.5 Å². The van der Waals surface area contributed by atoms with Gasteiger partial charge in [-0.25, -0.2) is 17.9 Å². The summed E-state index contributed by atoms with van der Waals surface area (Å²) in [5, 5.41) is 3.12. The third kappa shape index (κ3) is 5.11. The van der Waals surface area contributed by atoms with Gasteiger partial charge in [-0.1, -0.05) is 6.92 Å². The Labute approximate surface area is 125 Å². The van der Waals surface area contributed by atoms with Gasteiger partial charge in [0.05, 0.1) is 17.6 Å². The SMILES string of the molecule is CCCNCCNS(=O)(=O)c1ccc(C(=O)OC)cc1C. The molecular formula is C14H22N2O4S. The van der Waals surface area contributed by atoms with Gasteiger partial charge in [0.2, 0.25) is 10.0 Å². The van der Waals surface area contributed by atoms with Crippen LogP contribution in [0, 0.1) is 6.92 Å². The molecule has 0 bridgehead atoms. The maximum absolute atomic E-state index is 12.2. The largest absolute Gasteiger partial charge is 0.465 e. The Morgan fingerprint density at radius 2 is 1.95 bits per heavy atom. The predicted octanol–water partition coefficient (Wildman–Crippen LogP) is 1.06. The number of hydrogen-bond donors (Lipinski definition) is 2. The molecule has 0 saturated heterocycles. The molecule has 0 fully saturated rings. The molecule has 0 aliphatic rings. The van der Waals surface area contributed by atoms with Crippen LogP contribution in [0.5, 0.6) is 0 Å². The van der Waals surface area contributed by atoms with Crippen LogP contribution >= 0.6 is 0 Å². The highest BCUT2D eigenvalue weighted by atomic mass is 32.2. The van der Waals surface area contributed by atoms with E-state index in [0.29, 0.717) is 24.2 Å². The molecule has 0 unspecified atom stereocenters. The van der Waals surface area contributed by atoms with Crippen LogP contribution < -0.4 is 10.0 Å². The summed E-state index contributed by atoms with van der Waals surface area (Å²) in [6.07, 6.45) is 1.00. The highest BCUT2D eigenvalue weighted by molar-refractivity contribution is 7.89. The van der Waals surface area contributed by atoms with Crippen molar-refractivity contribution >= 4 is 16.0 Å². The number of sulfonamides is 1. The van der Waals surface area contributed by atoms with Gasteiger partial charge in [-0.3, -0.25) is 0 Å². The zero-order valence-electron chi connectivity index (χ0n) is 12.6. The summed E-state index contributed by atoms with van der Waals surface area (Å²) in [5.41, 5.74) is 0.838. The number of methoxy groups -OCH3 is 1. The number of carbonyl (C=O) groups excluding carboxylic acids is 1. The number of hydrogen-bond acceptors (Lipinski definition) is 5. The highest BCUT2D eigenvalue weighted by Gasteiger charge is 2.17. The molecule has 0 atom stereocenters. The molecule has 0 saturated carbocycles. The summed E-state index contributed by atoms with van der Waals surface area (Å²) in [4.78, 5) is 11.6. The van der Waals surface area contributed by atoms with Gasteiger partial charge in [-0.2, -0.15) is 0 Å². The normalized spacial score (nSPS) is 11.4. The summed E-state index contributed by atoms with van der Waals surface area (Å²) in [5.74, 6) is -0.487. The molecule has 0 aliphatic carbocycles. The minimum atomic E-state index is -3.57. The van der Waals surface area contributed by atoms with Crippen LogP contribution in [0.25, 0.3) is 0 Å². The second kappa shape index (κ2) is 8.11. The molecule has 0 aliphatic heterocycles. The van der Waals surface area contributed by atoms with Crippen molar-refractivity contribution in [2.45, 2.75) is 25.2 Å². The second-order valence-corrected chi connectivity index (χ2v) is 6.36. The zero-order valence-corrected chi connectivity index (χ0v) is 13.4. The second-order valence-electron chi connectivity index (χ2n) is 4.62. The summed E-state index contributed by atoms with van der Waals surface area (Å²) in [7, 11) is -2.28. The molecule has 0 radical (unpaired) electrons. The van der Waals surface area contributed by atoms with E-state index in [9.17, 15) is 13.2 Å². The van der Waals surface area contributed by atoms with Gasteiger partial charge in [-0.05, 0) is 43.7 Å². The van der Waals surface area contributed by atoms with Crippen molar-refractivity contribution in [1.82, 2.24) is 10.0 Å². The van der Waals surface area contributed by atoms with Gasteiger partial charge in [0.15, 0.2) is 0 Å². The van der Waals surface area contributed by atoms with Gasteiger partial charge < -0.3 is 10.1 Å². The van der Waals surface area contributed by atoms with Crippen LogP contribution in [-0.2, 0) is 14.8 Å². The van der Waals surface area contributed by atoms with Gasteiger partial charge >= 0.3 is 5.97 Å². The van der Waals surface area contributed by atoms with Crippen LogP contribution in [0.1, 0.15) is 29.3 Å². The van der Waals surface area contributed by atoms with Gasteiger partial charge in [0, 0.05) is 13.1 Å². The Balaban J connectivity index is 2.77. The number of carbonyl (C=O) groups is 1. The van der Waals surface area contributed by atoms with E-state index in [1.807, 2.05) is 6.92 Å². The van der Waals surface area contributed by atoms with Crippen LogP contribution in [0.4, 0.5) is 0 Å². The first-order valence-corrected chi connectivity index (χ1v) is 8.30. The lowest BCUT2D eigenvalue weighted by Gasteiger charge is -2.10. The van der Waals surface area contributed by atoms with Gasteiger partial charge in [0.1, 0.15) is 0 Å². The van der Waals surface area contributed by atoms with Crippen molar-refractivity contribution in [3.63, 3.8) is 0 Å². The summed E-state index contributed by atoms with van der Waals surface area (Å²) >= 11 is 0. The van der Waals surface area contributed by atoms with Crippen molar-refractivity contribution in [2.75, 3.05) is 26.7 Å². The van der Waals surface area contributed by atoms with E-state index in [1.54, 1.807) is 6.92 Å². The Morgan fingerprint density at radius 1 is 1.24 bits per heavy atom. The molecule has 0 spiro atoms. The summed E-state index contributed by atoms with van der Waals surface area (Å²) in [6.45, 7) is 5.45. The third-order valence-corrected chi connectivity index (χ3v) is 4.53. The van der Waals surface area contributed by atoms with Crippen LogP contribution in [-0.4, -0.2) is 41.1 Å². The van der Waals surface area contributed by atoms with Gasteiger partial charge in [0.25, 0.3) is 0 Å². The Morgan fingerprint density at radius 3 is 2.52 bits per heavy atom. The van der Waals surface area contributed by atoms with Crippen molar-refractivity contribution in [2.24, 2.45) is 0 Å². The average Bonchev–Trinajstić information content (AvgIpc) is 2.45. The Kier molecular flexibility index (Phi) is 6.80. The van der Waals surface area contributed by atoms with Crippen molar-refractivity contribution in [3.05, 3.63) is 29.3 Å². The van der Waals surface area contributed by atoms with Crippen LogP contribution in [0.2, 0.25) is 0 Å². The minimum absolute atomic E-state index is 0.172. The number of ether oxygens (including phenoxy) is 1. The first-order valence-electron chi connectivity index (χ1n) is 6.81. The van der Waals surface area contributed by atoms with E-state index < -0.39 is 16.0 Å². The predicted molar refractivity (Wildman–Crippen MR) is 80.9 cm³/mol. The monoisotopic (exact) mass is 314 g/mol. The minimum Gasteiger partial charge on any atom is -0.465 e. The zero-order chi connectivity index (χ0) is 15.9. The molecule has 21 heavy (non-hydrogen) atoms. The number of benzene rings is 1. The molecule has 1 aromatic carbocycles. The fourth-order valence-corrected chi connectivity index (χ4v) is 3.11. The Hall–Kier alpha value is -1.44. The van der Waals surface area contributed by atoms with Crippen LogP contribution in [0.15, 0.2) is 23.1 Å².